The molecule has 0 radical (unpaired) electrons. The van der Waals surface area contributed by atoms with Crippen molar-refractivity contribution in [2.75, 3.05) is 0 Å². The first-order valence-electron chi connectivity index (χ1n) is 3.99. The van der Waals surface area contributed by atoms with Crippen LogP contribution in [0.1, 0.15) is 18.1 Å². The summed E-state index contributed by atoms with van der Waals surface area (Å²) in [5, 5.41) is 0. The van der Waals surface area contributed by atoms with Crippen LogP contribution in [-0.2, 0) is 6.42 Å². The van der Waals surface area contributed by atoms with Crippen LogP contribution < -0.4 is 0 Å². The van der Waals surface area contributed by atoms with Gasteiger partial charge in [-0.3, -0.25) is 0 Å². The molecule has 0 heterocycles. The molecule has 1 rings (SSSR count). The van der Waals surface area contributed by atoms with E-state index in [0.29, 0.717) is 4.83 Å². The van der Waals surface area contributed by atoms with Crippen molar-refractivity contribution in [2.45, 2.75) is 25.1 Å². The fourth-order valence-corrected chi connectivity index (χ4v) is 1.53. The summed E-state index contributed by atoms with van der Waals surface area (Å²) >= 11 is 3.41. The molecule has 0 aromatic heterocycles. The summed E-state index contributed by atoms with van der Waals surface area (Å²) in [7, 11) is 0. The number of hydrogen-bond acceptors (Lipinski definition) is 0. The maximum atomic E-state index is 13.2. The van der Waals surface area contributed by atoms with Gasteiger partial charge < -0.3 is 0 Å². The molecule has 0 saturated carbocycles. The third kappa shape index (κ3) is 2.31. The zero-order valence-electron chi connectivity index (χ0n) is 7.27. The van der Waals surface area contributed by atoms with Crippen LogP contribution in [0.15, 0.2) is 18.2 Å². The van der Waals surface area contributed by atoms with Gasteiger partial charge in [-0.05, 0) is 30.5 Å². The number of rotatable bonds is 2. The van der Waals surface area contributed by atoms with E-state index in [1.54, 1.807) is 6.07 Å². The highest BCUT2D eigenvalue weighted by Crippen LogP contribution is 2.17. The SMILES string of the molecule is Cc1cccc(F)c1CC(C)Br. The van der Waals surface area contributed by atoms with Crippen molar-refractivity contribution in [1.29, 1.82) is 0 Å². The summed E-state index contributed by atoms with van der Waals surface area (Å²) < 4.78 is 13.2. The predicted octanol–water partition coefficient (Wildman–Crippen LogP) is 3.46. The molecule has 0 nitrogen and oxygen atoms in total. The van der Waals surface area contributed by atoms with Crippen LogP contribution in [0.5, 0.6) is 0 Å². The average molecular weight is 231 g/mol. The zero-order chi connectivity index (χ0) is 9.14. The summed E-state index contributed by atoms with van der Waals surface area (Å²) in [6.07, 6.45) is 0.749. The number of hydrogen-bond donors (Lipinski definition) is 0. The molecule has 1 aromatic rings. The number of benzene rings is 1. The third-order valence-corrected chi connectivity index (χ3v) is 2.16. The van der Waals surface area contributed by atoms with Crippen molar-refractivity contribution in [3.05, 3.63) is 35.1 Å². The maximum absolute atomic E-state index is 13.2. The fourth-order valence-electron chi connectivity index (χ4n) is 1.21. The topological polar surface area (TPSA) is 0 Å². The van der Waals surface area contributed by atoms with Crippen LogP contribution in [0.2, 0.25) is 0 Å². The van der Waals surface area contributed by atoms with Crippen LogP contribution in [-0.4, -0.2) is 4.83 Å². The van der Waals surface area contributed by atoms with Gasteiger partial charge in [0.25, 0.3) is 0 Å². The molecule has 12 heavy (non-hydrogen) atoms. The van der Waals surface area contributed by atoms with E-state index in [0.717, 1.165) is 17.5 Å². The molecular weight excluding hydrogens is 219 g/mol. The average Bonchev–Trinajstić information content (AvgIpc) is 1.97. The van der Waals surface area contributed by atoms with Gasteiger partial charge in [0.2, 0.25) is 0 Å². The Hall–Kier alpha value is -0.370. The smallest absolute Gasteiger partial charge is 0.126 e. The highest BCUT2D eigenvalue weighted by molar-refractivity contribution is 9.09. The van der Waals surface area contributed by atoms with Gasteiger partial charge in [-0.25, -0.2) is 4.39 Å². The number of halogens is 2. The molecule has 1 unspecified atom stereocenters. The first-order chi connectivity index (χ1) is 5.61. The van der Waals surface area contributed by atoms with Crippen molar-refractivity contribution >= 4 is 15.9 Å². The Morgan fingerprint density at radius 3 is 2.67 bits per heavy atom. The minimum absolute atomic E-state index is 0.0960. The predicted molar refractivity (Wildman–Crippen MR) is 53.2 cm³/mol. The molecule has 66 valence electrons. The first-order valence-corrected chi connectivity index (χ1v) is 4.91. The van der Waals surface area contributed by atoms with E-state index in [2.05, 4.69) is 15.9 Å². The molecule has 0 aliphatic rings. The molecule has 0 aliphatic heterocycles. The van der Waals surface area contributed by atoms with Gasteiger partial charge in [0.1, 0.15) is 5.82 Å². The molecule has 1 atom stereocenters. The highest BCUT2D eigenvalue weighted by Gasteiger charge is 2.07. The molecule has 0 amide bonds. The van der Waals surface area contributed by atoms with Gasteiger partial charge in [-0.1, -0.05) is 35.0 Å². The van der Waals surface area contributed by atoms with Gasteiger partial charge >= 0.3 is 0 Å². The van der Waals surface area contributed by atoms with Gasteiger partial charge in [0, 0.05) is 4.83 Å². The lowest BCUT2D eigenvalue weighted by Crippen LogP contribution is -2.01. The van der Waals surface area contributed by atoms with Crippen molar-refractivity contribution in [1.82, 2.24) is 0 Å². The van der Waals surface area contributed by atoms with E-state index in [4.69, 9.17) is 0 Å². The largest absolute Gasteiger partial charge is 0.207 e. The Kier molecular flexibility index (Phi) is 3.27. The van der Waals surface area contributed by atoms with Crippen LogP contribution in [0, 0.1) is 12.7 Å². The monoisotopic (exact) mass is 230 g/mol. The molecule has 0 N–H and O–H groups in total. The molecule has 1 aromatic carbocycles. The van der Waals surface area contributed by atoms with Gasteiger partial charge in [-0.2, -0.15) is 0 Å². The van der Waals surface area contributed by atoms with Gasteiger partial charge in [0.15, 0.2) is 0 Å². The van der Waals surface area contributed by atoms with E-state index < -0.39 is 0 Å². The minimum Gasteiger partial charge on any atom is -0.207 e. The van der Waals surface area contributed by atoms with Crippen molar-refractivity contribution in [2.24, 2.45) is 0 Å². The normalized spacial score (nSPS) is 13.0. The Bertz CT molecular complexity index is 248. The Morgan fingerprint density at radius 2 is 2.17 bits per heavy atom. The third-order valence-electron chi connectivity index (χ3n) is 1.84. The second-order valence-corrected chi connectivity index (χ2v) is 4.58. The summed E-state index contributed by atoms with van der Waals surface area (Å²) in [5.41, 5.74) is 1.85. The van der Waals surface area contributed by atoms with E-state index in [9.17, 15) is 4.39 Å². The molecule has 0 saturated heterocycles. The minimum atomic E-state index is -0.0960. The standard InChI is InChI=1S/C10H12BrF/c1-7-4-3-5-10(12)9(7)6-8(2)11/h3-5,8H,6H2,1-2H3. The molecule has 0 fully saturated rings. The molecule has 0 bridgehead atoms. The maximum Gasteiger partial charge on any atom is 0.126 e. The van der Waals surface area contributed by atoms with E-state index in [1.165, 1.54) is 6.07 Å². The lowest BCUT2D eigenvalue weighted by atomic mass is 10.0. The quantitative estimate of drug-likeness (QED) is 0.683. The molecule has 0 aliphatic carbocycles. The lowest BCUT2D eigenvalue weighted by Gasteiger charge is -2.07. The highest BCUT2D eigenvalue weighted by atomic mass is 79.9. The van der Waals surface area contributed by atoms with E-state index in [-0.39, 0.29) is 5.82 Å². The Labute approximate surface area is 80.9 Å². The number of aryl methyl sites for hydroxylation is 1. The van der Waals surface area contributed by atoms with Crippen LogP contribution in [0.25, 0.3) is 0 Å². The second-order valence-electron chi connectivity index (χ2n) is 3.02. The van der Waals surface area contributed by atoms with E-state index >= 15 is 0 Å². The molecule has 0 spiro atoms. The van der Waals surface area contributed by atoms with Crippen LogP contribution in [0.3, 0.4) is 0 Å². The summed E-state index contributed by atoms with van der Waals surface area (Å²) in [4.78, 5) is 0.327. The fraction of sp³-hybridized carbons (Fsp3) is 0.400. The zero-order valence-corrected chi connectivity index (χ0v) is 8.86. The Morgan fingerprint density at radius 1 is 1.50 bits per heavy atom. The van der Waals surface area contributed by atoms with Crippen LogP contribution >= 0.6 is 15.9 Å². The van der Waals surface area contributed by atoms with Gasteiger partial charge in [-0.15, -0.1) is 0 Å². The molecule has 2 heteroatoms. The second kappa shape index (κ2) is 4.04. The van der Waals surface area contributed by atoms with Crippen molar-refractivity contribution in [3.63, 3.8) is 0 Å². The summed E-state index contributed by atoms with van der Waals surface area (Å²) in [6.45, 7) is 3.96. The summed E-state index contributed by atoms with van der Waals surface area (Å²) in [6, 6.07) is 5.19. The summed E-state index contributed by atoms with van der Waals surface area (Å²) in [5.74, 6) is -0.0960. The van der Waals surface area contributed by atoms with Crippen LogP contribution in [0.4, 0.5) is 4.39 Å². The molecular formula is C10H12BrF. The first kappa shape index (κ1) is 9.72. The number of alkyl halides is 1. The van der Waals surface area contributed by atoms with Gasteiger partial charge in [0.05, 0.1) is 0 Å². The van der Waals surface area contributed by atoms with Crippen molar-refractivity contribution < 1.29 is 4.39 Å². The lowest BCUT2D eigenvalue weighted by molar-refractivity contribution is 0.607. The Balaban J connectivity index is 2.96. The van der Waals surface area contributed by atoms with Crippen molar-refractivity contribution in [3.8, 4) is 0 Å². The van der Waals surface area contributed by atoms with E-state index in [1.807, 2.05) is 19.9 Å².